The van der Waals surface area contributed by atoms with Gasteiger partial charge in [-0.1, -0.05) is 24.3 Å². The molecule has 1 unspecified atom stereocenters. The Hall–Kier alpha value is -2.15. The van der Waals surface area contributed by atoms with Crippen molar-refractivity contribution < 1.29 is 4.79 Å². The van der Waals surface area contributed by atoms with E-state index in [0.717, 1.165) is 29.5 Å². The Morgan fingerprint density at radius 1 is 1.25 bits per heavy atom. The highest BCUT2D eigenvalue weighted by atomic mass is 32.1. The predicted molar refractivity (Wildman–Crippen MR) is 99.1 cm³/mol. The van der Waals surface area contributed by atoms with Crippen LogP contribution < -0.4 is 15.5 Å². The zero-order valence-corrected chi connectivity index (χ0v) is 15.1. The zero-order valence-electron chi connectivity index (χ0n) is 14.3. The third-order valence-electron chi connectivity index (χ3n) is 4.33. The summed E-state index contributed by atoms with van der Waals surface area (Å²) in [6.07, 6.45) is 2.44. The van der Waals surface area contributed by atoms with Crippen molar-refractivity contribution in [1.82, 2.24) is 10.2 Å². The summed E-state index contributed by atoms with van der Waals surface area (Å²) in [6.45, 7) is 8.33. The number of aromatic nitrogens is 2. The Labute approximate surface area is 146 Å². The first-order chi connectivity index (χ1) is 11.5. The molecular weight excluding hydrogens is 322 g/mol. The molecule has 1 saturated heterocycles. The Morgan fingerprint density at radius 3 is 2.83 bits per heavy atom. The fourth-order valence-corrected chi connectivity index (χ4v) is 3.61. The molecule has 128 valence electrons. The van der Waals surface area contributed by atoms with Gasteiger partial charge >= 0.3 is 6.03 Å². The highest BCUT2D eigenvalue weighted by molar-refractivity contribution is 7.19. The van der Waals surface area contributed by atoms with E-state index in [1.165, 1.54) is 29.7 Å². The number of carbonyl (C=O) groups is 1. The quantitative estimate of drug-likeness (QED) is 0.881. The van der Waals surface area contributed by atoms with Crippen molar-refractivity contribution in [2.45, 2.75) is 33.6 Å². The Balaban J connectivity index is 1.59. The van der Waals surface area contributed by atoms with Gasteiger partial charge in [0.05, 0.1) is 0 Å². The van der Waals surface area contributed by atoms with Gasteiger partial charge in [0.2, 0.25) is 10.3 Å². The van der Waals surface area contributed by atoms with Crippen molar-refractivity contribution in [2.75, 3.05) is 28.6 Å². The lowest BCUT2D eigenvalue weighted by Gasteiger charge is -2.29. The van der Waals surface area contributed by atoms with Crippen molar-refractivity contribution in [3.8, 4) is 0 Å². The van der Waals surface area contributed by atoms with E-state index in [1.54, 1.807) is 0 Å². The first-order valence-corrected chi connectivity index (χ1v) is 9.06. The largest absolute Gasteiger partial charge is 0.346 e. The van der Waals surface area contributed by atoms with Crippen LogP contribution in [-0.4, -0.2) is 29.3 Å². The minimum atomic E-state index is -0.298. The monoisotopic (exact) mass is 345 g/mol. The van der Waals surface area contributed by atoms with E-state index in [-0.39, 0.29) is 6.03 Å². The number of anilines is 3. The molecule has 0 radical (unpaired) electrons. The van der Waals surface area contributed by atoms with Crippen LogP contribution in [0.15, 0.2) is 18.2 Å². The molecule has 1 aromatic carbocycles. The second-order valence-electron chi connectivity index (χ2n) is 6.46. The summed E-state index contributed by atoms with van der Waals surface area (Å²) >= 11 is 1.42. The predicted octanol–water partition coefficient (Wildman–Crippen LogP) is 4.04. The van der Waals surface area contributed by atoms with Crippen molar-refractivity contribution in [2.24, 2.45) is 5.92 Å². The van der Waals surface area contributed by atoms with Crippen LogP contribution in [0.2, 0.25) is 0 Å². The summed E-state index contributed by atoms with van der Waals surface area (Å²) in [4.78, 5) is 14.4. The van der Waals surface area contributed by atoms with Gasteiger partial charge in [-0.3, -0.25) is 5.32 Å². The Kier molecular flexibility index (Phi) is 4.99. The standard InChI is InChI=1S/C17H23N5OS/c1-11-5-4-8-22(10-11)17-21-20-16(24-17)19-15(23)18-14-7-6-12(2)13(3)9-14/h6-7,9,11H,4-5,8,10H2,1-3H3,(H2,18,19,20,23). The van der Waals surface area contributed by atoms with Crippen LogP contribution in [0.5, 0.6) is 0 Å². The Bertz CT molecular complexity index is 730. The maximum absolute atomic E-state index is 12.1. The topological polar surface area (TPSA) is 70.1 Å². The summed E-state index contributed by atoms with van der Waals surface area (Å²) < 4.78 is 0. The van der Waals surface area contributed by atoms with Gasteiger partial charge in [-0.25, -0.2) is 4.79 Å². The number of nitrogens with zero attached hydrogens (tertiary/aromatic N) is 3. The van der Waals surface area contributed by atoms with Gasteiger partial charge in [-0.15, -0.1) is 10.2 Å². The van der Waals surface area contributed by atoms with E-state index < -0.39 is 0 Å². The van der Waals surface area contributed by atoms with Gasteiger partial charge in [-0.05, 0) is 55.9 Å². The van der Waals surface area contributed by atoms with Crippen molar-refractivity contribution >= 4 is 33.3 Å². The molecule has 1 atom stereocenters. The molecule has 7 heteroatoms. The number of nitrogens with one attached hydrogen (secondary N) is 2. The van der Waals surface area contributed by atoms with Crippen LogP contribution in [0, 0.1) is 19.8 Å². The molecule has 1 aliphatic rings. The number of carbonyl (C=O) groups excluding carboxylic acids is 1. The molecule has 6 nitrogen and oxygen atoms in total. The second-order valence-corrected chi connectivity index (χ2v) is 7.42. The fourth-order valence-electron chi connectivity index (χ4n) is 2.84. The van der Waals surface area contributed by atoms with Crippen LogP contribution in [0.25, 0.3) is 0 Å². The Morgan fingerprint density at radius 2 is 2.08 bits per heavy atom. The summed E-state index contributed by atoms with van der Waals surface area (Å²) in [5, 5.41) is 15.3. The van der Waals surface area contributed by atoms with Crippen LogP contribution in [0.1, 0.15) is 30.9 Å². The normalized spacial score (nSPS) is 17.6. The molecule has 2 N–H and O–H groups in total. The number of urea groups is 1. The summed E-state index contributed by atoms with van der Waals surface area (Å²) in [7, 11) is 0. The molecule has 0 saturated carbocycles. The van der Waals surface area contributed by atoms with E-state index in [1.807, 2.05) is 32.0 Å². The summed E-state index contributed by atoms with van der Waals surface area (Å²) in [6, 6.07) is 5.54. The fraction of sp³-hybridized carbons (Fsp3) is 0.471. The number of benzene rings is 1. The minimum absolute atomic E-state index is 0.298. The molecule has 1 fully saturated rings. The number of piperidine rings is 1. The molecule has 0 aliphatic carbocycles. The van der Waals surface area contributed by atoms with E-state index in [4.69, 9.17) is 0 Å². The first-order valence-electron chi connectivity index (χ1n) is 8.25. The van der Waals surface area contributed by atoms with Crippen molar-refractivity contribution in [1.29, 1.82) is 0 Å². The van der Waals surface area contributed by atoms with Gasteiger partial charge in [0.1, 0.15) is 0 Å². The maximum Gasteiger partial charge on any atom is 0.325 e. The van der Waals surface area contributed by atoms with Crippen LogP contribution in [0.3, 0.4) is 0 Å². The van der Waals surface area contributed by atoms with Gasteiger partial charge in [0.15, 0.2) is 0 Å². The SMILES string of the molecule is Cc1ccc(NC(=O)Nc2nnc(N3CCCC(C)C3)s2)cc1C. The molecule has 1 aliphatic heterocycles. The van der Waals surface area contributed by atoms with E-state index in [2.05, 4.69) is 32.7 Å². The smallest absolute Gasteiger partial charge is 0.325 e. The molecule has 0 spiro atoms. The van der Waals surface area contributed by atoms with Gasteiger partial charge in [0, 0.05) is 18.8 Å². The lowest BCUT2D eigenvalue weighted by Crippen LogP contribution is -2.34. The van der Waals surface area contributed by atoms with E-state index in [0.29, 0.717) is 11.0 Å². The van der Waals surface area contributed by atoms with Gasteiger partial charge < -0.3 is 10.2 Å². The average Bonchev–Trinajstić information content (AvgIpc) is 2.99. The molecule has 24 heavy (non-hydrogen) atoms. The number of aryl methyl sites for hydroxylation is 2. The average molecular weight is 345 g/mol. The van der Waals surface area contributed by atoms with Gasteiger partial charge in [0.25, 0.3) is 0 Å². The van der Waals surface area contributed by atoms with E-state index in [9.17, 15) is 4.79 Å². The van der Waals surface area contributed by atoms with Crippen molar-refractivity contribution in [3.05, 3.63) is 29.3 Å². The molecule has 2 heterocycles. The van der Waals surface area contributed by atoms with E-state index >= 15 is 0 Å². The number of amides is 2. The third-order valence-corrected chi connectivity index (χ3v) is 5.23. The van der Waals surface area contributed by atoms with Crippen molar-refractivity contribution in [3.63, 3.8) is 0 Å². The highest BCUT2D eigenvalue weighted by Crippen LogP contribution is 2.28. The van der Waals surface area contributed by atoms with Gasteiger partial charge in [-0.2, -0.15) is 0 Å². The minimum Gasteiger partial charge on any atom is -0.346 e. The van der Waals surface area contributed by atoms with Crippen LogP contribution >= 0.6 is 11.3 Å². The molecule has 2 aromatic rings. The lowest BCUT2D eigenvalue weighted by molar-refractivity contribution is 0.262. The van der Waals surface area contributed by atoms with Crippen LogP contribution in [-0.2, 0) is 0 Å². The number of rotatable bonds is 3. The highest BCUT2D eigenvalue weighted by Gasteiger charge is 2.20. The first kappa shape index (κ1) is 16.7. The van der Waals surface area contributed by atoms with Crippen LogP contribution in [0.4, 0.5) is 20.7 Å². The number of hydrogen-bond acceptors (Lipinski definition) is 5. The molecule has 2 amide bonds. The molecule has 1 aromatic heterocycles. The third kappa shape index (κ3) is 4.03. The summed E-state index contributed by atoms with van der Waals surface area (Å²) in [5.41, 5.74) is 3.11. The molecule has 3 rings (SSSR count). The molecular formula is C17H23N5OS. The number of hydrogen-bond donors (Lipinski definition) is 2. The molecule has 0 bridgehead atoms. The maximum atomic E-state index is 12.1. The zero-order chi connectivity index (χ0) is 17.1. The lowest BCUT2D eigenvalue weighted by atomic mass is 10.0. The summed E-state index contributed by atoms with van der Waals surface area (Å²) in [5.74, 6) is 0.673. The second kappa shape index (κ2) is 7.17.